The molecule has 1 heterocycles. The Balaban J connectivity index is 2.21. The van der Waals surface area contributed by atoms with E-state index in [-0.39, 0.29) is 5.82 Å². The molecule has 18 heavy (non-hydrogen) atoms. The lowest BCUT2D eigenvalue weighted by Crippen LogP contribution is -2.21. The van der Waals surface area contributed by atoms with Gasteiger partial charge in [-0.1, -0.05) is 19.9 Å². The summed E-state index contributed by atoms with van der Waals surface area (Å²) in [4.78, 5) is 4.26. The number of hydrogen-bond acceptors (Lipinski definition) is 3. The van der Waals surface area contributed by atoms with Gasteiger partial charge in [0.05, 0.1) is 15.7 Å². The van der Waals surface area contributed by atoms with Crippen molar-refractivity contribution in [3.8, 4) is 11.5 Å². The van der Waals surface area contributed by atoms with E-state index in [1.54, 1.807) is 24.5 Å². The van der Waals surface area contributed by atoms with Crippen LogP contribution in [0.5, 0.6) is 0 Å². The van der Waals surface area contributed by atoms with E-state index in [2.05, 4.69) is 40.1 Å². The van der Waals surface area contributed by atoms with Crippen molar-refractivity contribution < 1.29 is 8.81 Å². The van der Waals surface area contributed by atoms with E-state index in [1.165, 1.54) is 0 Å². The second-order valence-electron chi connectivity index (χ2n) is 4.28. The molecule has 2 aromatic rings. The first-order valence-electron chi connectivity index (χ1n) is 5.70. The molecule has 2 rings (SSSR count). The highest BCUT2D eigenvalue weighted by molar-refractivity contribution is 9.10. The predicted molar refractivity (Wildman–Crippen MR) is 71.6 cm³/mol. The summed E-state index contributed by atoms with van der Waals surface area (Å²) in [7, 11) is 0. The smallest absolute Gasteiger partial charge is 0.229 e. The molecule has 0 radical (unpaired) electrons. The minimum absolute atomic E-state index is 0.300. The first-order valence-corrected chi connectivity index (χ1v) is 6.49. The summed E-state index contributed by atoms with van der Waals surface area (Å²) >= 11 is 3.14. The third-order valence-corrected chi connectivity index (χ3v) is 3.04. The third-order valence-electron chi connectivity index (χ3n) is 2.43. The van der Waals surface area contributed by atoms with E-state index in [0.717, 1.165) is 5.69 Å². The molecule has 0 aliphatic heterocycles. The standard InChI is InChI=1S/C13H14BrFN2O/c1-8(2)16-6-9-7-18-13(17-9)10-4-3-5-11(14)12(10)15/h3-5,7-8,16H,6H2,1-2H3. The van der Waals surface area contributed by atoms with Crippen molar-refractivity contribution in [2.45, 2.75) is 26.4 Å². The van der Waals surface area contributed by atoms with Crippen LogP contribution in [0.15, 0.2) is 33.4 Å². The molecule has 1 aromatic carbocycles. The van der Waals surface area contributed by atoms with Crippen molar-refractivity contribution in [1.29, 1.82) is 0 Å². The molecule has 0 aliphatic carbocycles. The molecule has 1 aromatic heterocycles. The Morgan fingerprint density at radius 2 is 2.22 bits per heavy atom. The van der Waals surface area contributed by atoms with Gasteiger partial charge < -0.3 is 9.73 Å². The normalized spacial score (nSPS) is 11.2. The fraction of sp³-hybridized carbons (Fsp3) is 0.308. The maximum Gasteiger partial charge on any atom is 0.229 e. The number of oxazole rings is 1. The molecule has 0 saturated heterocycles. The van der Waals surface area contributed by atoms with Gasteiger partial charge in [0.2, 0.25) is 5.89 Å². The average molecular weight is 313 g/mol. The van der Waals surface area contributed by atoms with Gasteiger partial charge in [-0.3, -0.25) is 0 Å². The topological polar surface area (TPSA) is 38.1 Å². The van der Waals surface area contributed by atoms with E-state index >= 15 is 0 Å². The Kier molecular flexibility index (Phi) is 4.14. The van der Waals surface area contributed by atoms with Gasteiger partial charge in [0.15, 0.2) is 0 Å². The number of halogens is 2. The first kappa shape index (κ1) is 13.2. The number of benzene rings is 1. The number of nitrogens with one attached hydrogen (secondary N) is 1. The van der Waals surface area contributed by atoms with E-state index < -0.39 is 0 Å². The Morgan fingerprint density at radius 3 is 2.94 bits per heavy atom. The number of hydrogen-bond donors (Lipinski definition) is 1. The summed E-state index contributed by atoms with van der Waals surface area (Å²) in [5.74, 6) is -0.0583. The van der Waals surface area contributed by atoms with Crippen molar-refractivity contribution in [2.24, 2.45) is 0 Å². The van der Waals surface area contributed by atoms with Crippen LogP contribution in [0.1, 0.15) is 19.5 Å². The fourth-order valence-electron chi connectivity index (χ4n) is 1.49. The van der Waals surface area contributed by atoms with Gasteiger partial charge in [-0.15, -0.1) is 0 Å². The molecule has 1 N–H and O–H groups in total. The molecule has 0 saturated carbocycles. The largest absolute Gasteiger partial charge is 0.444 e. The number of aromatic nitrogens is 1. The predicted octanol–water partition coefficient (Wildman–Crippen LogP) is 3.74. The van der Waals surface area contributed by atoms with Crippen LogP contribution >= 0.6 is 15.9 Å². The minimum atomic E-state index is -0.359. The van der Waals surface area contributed by atoms with Gasteiger partial charge >= 0.3 is 0 Å². The molecule has 3 nitrogen and oxygen atoms in total. The lowest BCUT2D eigenvalue weighted by molar-refractivity contribution is 0.552. The Morgan fingerprint density at radius 1 is 1.44 bits per heavy atom. The maximum atomic E-state index is 13.8. The van der Waals surface area contributed by atoms with Gasteiger partial charge in [0, 0.05) is 12.6 Å². The summed E-state index contributed by atoms with van der Waals surface area (Å²) in [6, 6.07) is 5.40. The molecular formula is C13H14BrFN2O. The molecule has 0 unspecified atom stereocenters. The highest BCUT2D eigenvalue weighted by Crippen LogP contribution is 2.27. The van der Waals surface area contributed by atoms with Crippen LogP contribution in [-0.4, -0.2) is 11.0 Å². The van der Waals surface area contributed by atoms with Crippen LogP contribution in [-0.2, 0) is 6.54 Å². The monoisotopic (exact) mass is 312 g/mol. The average Bonchev–Trinajstić information content (AvgIpc) is 2.78. The van der Waals surface area contributed by atoms with Crippen LogP contribution in [0.3, 0.4) is 0 Å². The summed E-state index contributed by atoms with van der Waals surface area (Å²) in [5, 5.41) is 3.23. The van der Waals surface area contributed by atoms with Crippen LogP contribution in [0.25, 0.3) is 11.5 Å². The van der Waals surface area contributed by atoms with Gasteiger partial charge in [-0.05, 0) is 28.1 Å². The highest BCUT2D eigenvalue weighted by Gasteiger charge is 2.13. The third kappa shape index (κ3) is 2.97. The minimum Gasteiger partial charge on any atom is -0.444 e. The van der Waals surface area contributed by atoms with Crippen molar-refractivity contribution in [3.05, 3.63) is 40.4 Å². The van der Waals surface area contributed by atoms with E-state index in [1.807, 2.05) is 0 Å². The Labute approximate surface area is 114 Å². The number of rotatable bonds is 4. The SMILES string of the molecule is CC(C)NCc1coc(-c2cccc(Br)c2F)n1. The zero-order valence-electron chi connectivity index (χ0n) is 10.2. The maximum absolute atomic E-state index is 13.8. The molecule has 5 heteroatoms. The van der Waals surface area contributed by atoms with Crippen molar-refractivity contribution in [2.75, 3.05) is 0 Å². The number of nitrogens with zero attached hydrogens (tertiary/aromatic N) is 1. The van der Waals surface area contributed by atoms with Crippen molar-refractivity contribution in [3.63, 3.8) is 0 Å². The van der Waals surface area contributed by atoms with Gasteiger partial charge in [-0.2, -0.15) is 0 Å². The van der Waals surface area contributed by atoms with Gasteiger partial charge in [0.25, 0.3) is 0 Å². The lowest BCUT2D eigenvalue weighted by Gasteiger charge is -2.04. The van der Waals surface area contributed by atoms with Crippen LogP contribution in [0.4, 0.5) is 4.39 Å². The molecular weight excluding hydrogens is 299 g/mol. The van der Waals surface area contributed by atoms with Crippen LogP contribution in [0, 0.1) is 5.82 Å². The molecule has 0 atom stereocenters. The van der Waals surface area contributed by atoms with Gasteiger partial charge in [-0.25, -0.2) is 9.37 Å². The fourth-order valence-corrected chi connectivity index (χ4v) is 1.86. The van der Waals surface area contributed by atoms with Crippen LogP contribution in [0.2, 0.25) is 0 Å². The second-order valence-corrected chi connectivity index (χ2v) is 5.14. The highest BCUT2D eigenvalue weighted by atomic mass is 79.9. The molecule has 0 amide bonds. The zero-order chi connectivity index (χ0) is 13.1. The summed E-state index contributed by atoms with van der Waals surface area (Å²) in [6.45, 7) is 4.71. The molecule has 0 bridgehead atoms. The lowest BCUT2D eigenvalue weighted by atomic mass is 10.2. The summed E-state index contributed by atoms with van der Waals surface area (Å²) < 4.78 is 19.6. The quantitative estimate of drug-likeness (QED) is 0.934. The zero-order valence-corrected chi connectivity index (χ0v) is 11.8. The first-order chi connectivity index (χ1) is 8.58. The molecule has 0 spiro atoms. The molecule has 96 valence electrons. The second kappa shape index (κ2) is 5.63. The van der Waals surface area contributed by atoms with E-state index in [0.29, 0.717) is 28.5 Å². The Bertz CT molecular complexity index is 540. The summed E-state index contributed by atoms with van der Waals surface area (Å²) in [6.07, 6.45) is 1.55. The van der Waals surface area contributed by atoms with Crippen LogP contribution < -0.4 is 5.32 Å². The Hall–Kier alpha value is -1.20. The summed E-state index contributed by atoms with van der Waals surface area (Å²) in [5.41, 5.74) is 1.12. The molecule has 0 aliphatic rings. The van der Waals surface area contributed by atoms with Crippen molar-refractivity contribution >= 4 is 15.9 Å². The van der Waals surface area contributed by atoms with Gasteiger partial charge in [0.1, 0.15) is 12.1 Å². The molecule has 0 fully saturated rings. The van der Waals surface area contributed by atoms with E-state index in [4.69, 9.17) is 4.42 Å². The van der Waals surface area contributed by atoms with E-state index in [9.17, 15) is 4.39 Å². The van der Waals surface area contributed by atoms with Crippen molar-refractivity contribution in [1.82, 2.24) is 10.3 Å².